The molecule has 3 heteroatoms. The van der Waals surface area contributed by atoms with Gasteiger partial charge in [0.25, 0.3) is 0 Å². The van der Waals surface area contributed by atoms with Crippen LogP contribution in [-0.2, 0) is 0 Å². The summed E-state index contributed by atoms with van der Waals surface area (Å²) >= 11 is 0. The van der Waals surface area contributed by atoms with E-state index < -0.39 is 6.23 Å². The van der Waals surface area contributed by atoms with Gasteiger partial charge in [0.1, 0.15) is 12.4 Å². The van der Waals surface area contributed by atoms with E-state index in [9.17, 15) is 5.11 Å². The van der Waals surface area contributed by atoms with E-state index in [0.29, 0.717) is 0 Å². The van der Waals surface area contributed by atoms with Crippen molar-refractivity contribution in [3.63, 3.8) is 0 Å². The van der Waals surface area contributed by atoms with Crippen molar-refractivity contribution in [2.75, 3.05) is 0 Å². The zero-order chi connectivity index (χ0) is 14.6. The fraction of sp³-hybridized carbons (Fsp3) is 0.765. The highest BCUT2D eigenvalue weighted by molar-refractivity contribution is 4.94. The second-order valence-corrected chi connectivity index (χ2v) is 5.68. The first-order valence-corrected chi connectivity index (χ1v) is 8.29. The molecule has 0 aliphatic carbocycles. The Morgan fingerprint density at radius 1 is 1.15 bits per heavy atom. The first-order chi connectivity index (χ1) is 9.75. The molecule has 0 saturated heterocycles. The van der Waals surface area contributed by atoms with Gasteiger partial charge < -0.3 is 15.3 Å². The molecule has 116 valence electrons. The number of allylic oxidation sites excluding steroid dienone is 2. The summed E-state index contributed by atoms with van der Waals surface area (Å²) < 4.78 is 0. The number of rotatable bonds is 11. The van der Waals surface area contributed by atoms with Crippen molar-refractivity contribution in [3.8, 4) is 0 Å². The van der Waals surface area contributed by atoms with Gasteiger partial charge in [-0.05, 0) is 39.0 Å². The summed E-state index contributed by atoms with van der Waals surface area (Å²) in [7, 11) is 0. The lowest BCUT2D eigenvalue weighted by atomic mass is 10.1. The molecule has 2 N–H and O–H groups in total. The zero-order valence-corrected chi connectivity index (χ0v) is 13.2. The van der Waals surface area contributed by atoms with Crippen LogP contribution in [0.25, 0.3) is 0 Å². The lowest BCUT2D eigenvalue weighted by molar-refractivity contribution is 0.0254. The van der Waals surface area contributed by atoms with Gasteiger partial charge in [-0.2, -0.15) is 0 Å². The third kappa shape index (κ3) is 6.99. The van der Waals surface area contributed by atoms with Crippen molar-refractivity contribution in [1.82, 2.24) is 10.2 Å². The lowest BCUT2D eigenvalue weighted by Gasteiger charge is -2.28. The minimum Gasteiger partial charge on any atom is -0.374 e. The van der Waals surface area contributed by atoms with E-state index in [1.807, 2.05) is 24.2 Å². The fourth-order valence-corrected chi connectivity index (χ4v) is 2.58. The van der Waals surface area contributed by atoms with Gasteiger partial charge in [-0.15, -0.1) is 0 Å². The van der Waals surface area contributed by atoms with Gasteiger partial charge in [-0.25, -0.2) is 0 Å². The molecule has 0 aromatic carbocycles. The summed E-state index contributed by atoms with van der Waals surface area (Å²) in [6.45, 7) is 4.04. The van der Waals surface area contributed by atoms with Gasteiger partial charge in [0, 0.05) is 12.4 Å². The minimum absolute atomic E-state index is 0.284. The second kappa shape index (κ2) is 10.8. The Balaban J connectivity index is 1.92. The average Bonchev–Trinajstić information content (AvgIpc) is 2.89. The molecule has 1 heterocycles. The molecule has 1 aliphatic rings. The van der Waals surface area contributed by atoms with E-state index in [1.54, 1.807) is 0 Å². The maximum Gasteiger partial charge on any atom is 0.125 e. The first kappa shape index (κ1) is 17.1. The molecule has 0 aromatic rings. The van der Waals surface area contributed by atoms with E-state index >= 15 is 0 Å². The molecule has 1 aliphatic heterocycles. The summed E-state index contributed by atoms with van der Waals surface area (Å²) in [5.74, 6) is 0. The van der Waals surface area contributed by atoms with E-state index in [2.05, 4.69) is 24.4 Å². The molecule has 0 saturated carbocycles. The van der Waals surface area contributed by atoms with Gasteiger partial charge in [-0.3, -0.25) is 0 Å². The number of hydrogen-bond donors (Lipinski definition) is 2. The zero-order valence-electron chi connectivity index (χ0n) is 13.2. The molecule has 1 rings (SSSR count). The Hall–Kier alpha value is -0.960. The smallest absolute Gasteiger partial charge is 0.125 e. The van der Waals surface area contributed by atoms with Crippen LogP contribution in [0.3, 0.4) is 0 Å². The molecular formula is C17H32N2O. The highest BCUT2D eigenvalue weighted by atomic mass is 16.3. The standard InChI is InChI=1S/C17H32N2O/c1-3-4-5-6-7-8-9-10-11-12-13-17-18-14-15-19(17)16(2)20/h5-6,14-18,20H,3-4,7-13H2,1-2H3/b6-5+. The Bertz CT molecular complexity index is 287. The van der Waals surface area contributed by atoms with Crippen LogP contribution in [0.4, 0.5) is 0 Å². The van der Waals surface area contributed by atoms with Crippen molar-refractivity contribution in [3.05, 3.63) is 24.6 Å². The lowest BCUT2D eigenvalue weighted by Crippen LogP contribution is -2.40. The normalized spacial score (nSPS) is 19.8. The van der Waals surface area contributed by atoms with Crippen LogP contribution in [0.2, 0.25) is 0 Å². The monoisotopic (exact) mass is 280 g/mol. The summed E-state index contributed by atoms with van der Waals surface area (Å²) in [5.41, 5.74) is 0. The van der Waals surface area contributed by atoms with E-state index in [4.69, 9.17) is 0 Å². The predicted octanol–water partition coefficient (Wildman–Crippen LogP) is 4.11. The fourth-order valence-electron chi connectivity index (χ4n) is 2.58. The van der Waals surface area contributed by atoms with Crippen molar-refractivity contribution in [2.24, 2.45) is 0 Å². The number of unbranched alkanes of at least 4 members (excludes halogenated alkanes) is 6. The maximum atomic E-state index is 9.61. The molecule has 0 bridgehead atoms. The predicted molar refractivity (Wildman–Crippen MR) is 86.0 cm³/mol. The van der Waals surface area contributed by atoms with Crippen molar-refractivity contribution in [2.45, 2.75) is 84.0 Å². The van der Waals surface area contributed by atoms with Crippen LogP contribution in [0.1, 0.15) is 71.6 Å². The van der Waals surface area contributed by atoms with Crippen LogP contribution in [0.15, 0.2) is 24.6 Å². The van der Waals surface area contributed by atoms with Crippen LogP contribution in [-0.4, -0.2) is 22.4 Å². The van der Waals surface area contributed by atoms with Crippen molar-refractivity contribution in [1.29, 1.82) is 0 Å². The van der Waals surface area contributed by atoms with Crippen molar-refractivity contribution < 1.29 is 5.11 Å². The highest BCUT2D eigenvalue weighted by Crippen LogP contribution is 2.16. The van der Waals surface area contributed by atoms with Crippen molar-refractivity contribution >= 4 is 0 Å². The average molecular weight is 280 g/mol. The first-order valence-electron chi connectivity index (χ1n) is 8.29. The molecule has 0 spiro atoms. The Morgan fingerprint density at radius 3 is 2.60 bits per heavy atom. The third-order valence-electron chi connectivity index (χ3n) is 3.80. The van der Waals surface area contributed by atoms with Crippen LogP contribution >= 0.6 is 0 Å². The number of aliphatic hydroxyl groups excluding tert-OH is 1. The molecule has 20 heavy (non-hydrogen) atoms. The molecule has 2 unspecified atom stereocenters. The number of aliphatic hydroxyl groups is 1. The Labute approximate surface area is 124 Å². The quantitative estimate of drug-likeness (QED) is 0.441. The van der Waals surface area contributed by atoms with Crippen LogP contribution in [0.5, 0.6) is 0 Å². The van der Waals surface area contributed by atoms with Gasteiger partial charge in [0.15, 0.2) is 0 Å². The molecule has 0 fully saturated rings. The molecule has 3 nitrogen and oxygen atoms in total. The Kier molecular flexibility index (Phi) is 9.22. The third-order valence-corrected chi connectivity index (χ3v) is 3.80. The van der Waals surface area contributed by atoms with Crippen LogP contribution in [0, 0.1) is 0 Å². The number of nitrogens with zero attached hydrogens (tertiary/aromatic N) is 1. The van der Waals surface area contributed by atoms with E-state index in [1.165, 1.54) is 51.4 Å². The summed E-state index contributed by atoms with van der Waals surface area (Å²) in [5, 5.41) is 12.9. The molecule has 0 aromatic heterocycles. The van der Waals surface area contributed by atoms with Crippen LogP contribution < -0.4 is 5.32 Å². The summed E-state index contributed by atoms with van der Waals surface area (Å²) in [6, 6.07) is 0. The van der Waals surface area contributed by atoms with E-state index in [0.717, 1.165) is 6.42 Å². The molecule has 0 radical (unpaired) electrons. The second-order valence-electron chi connectivity index (χ2n) is 5.68. The largest absolute Gasteiger partial charge is 0.374 e. The van der Waals surface area contributed by atoms with Gasteiger partial charge >= 0.3 is 0 Å². The van der Waals surface area contributed by atoms with E-state index in [-0.39, 0.29) is 6.17 Å². The summed E-state index contributed by atoms with van der Waals surface area (Å²) in [6.07, 6.45) is 19.7. The molecule has 0 amide bonds. The van der Waals surface area contributed by atoms with Gasteiger partial charge in [0.2, 0.25) is 0 Å². The van der Waals surface area contributed by atoms with Gasteiger partial charge in [-0.1, -0.05) is 44.8 Å². The molecule has 2 atom stereocenters. The number of nitrogens with one attached hydrogen (secondary N) is 1. The molecular weight excluding hydrogens is 248 g/mol. The minimum atomic E-state index is -0.402. The highest BCUT2D eigenvalue weighted by Gasteiger charge is 2.20. The van der Waals surface area contributed by atoms with Gasteiger partial charge in [0.05, 0.1) is 0 Å². The topological polar surface area (TPSA) is 35.5 Å². The summed E-state index contributed by atoms with van der Waals surface area (Å²) in [4.78, 5) is 1.98. The maximum absolute atomic E-state index is 9.61. The number of hydrogen-bond acceptors (Lipinski definition) is 3. The SMILES string of the molecule is CCC/C=C/CCCCCCCC1NC=CN1C(C)O. The Morgan fingerprint density at radius 2 is 1.85 bits per heavy atom.